The van der Waals surface area contributed by atoms with E-state index < -0.39 is 40.0 Å². The van der Waals surface area contributed by atoms with E-state index in [4.69, 9.17) is 4.74 Å². The van der Waals surface area contributed by atoms with Gasteiger partial charge in [0.1, 0.15) is 11.4 Å². The second-order valence-electron chi connectivity index (χ2n) is 16.4. The molecule has 274 valence electrons. The van der Waals surface area contributed by atoms with E-state index in [9.17, 15) is 24.3 Å². The summed E-state index contributed by atoms with van der Waals surface area (Å²) in [6.45, 7) is 12.8. The lowest BCUT2D eigenvalue weighted by atomic mass is 9.69. The Morgan fingerprint density at radius 3 is 2.22 bits per heavy atom. The van der Waals surface area contributed by atoms with Gasteiger partial charge < -0.3 is 29.1 Å². The predicted octanol–water partition coefficient (Wildman–Crippen LogP) is 5.94. The first-order valence-electron chi connectivity index (χ1n) is 18.3. The van der Waals surface area contributed by atoms with Crippen molar-refractivity contribution in [3.63, 3.8) is 0 Å². The Kier molecular flexibility index (Phi) is 11.2. The van der Waals surface area contributed by atoms with Crippen LogP contribution in [0.2, 0.25) is 0 Å². The molecule has 2 atom stereocenters. The number of carbonyl (C=O) groups is 3. The average molecular weight is 695 g/mol. The van der Waals surface area contributed by atoms with Crippen LogP contribution in [0.15, 0.2) is 41.3 Å². The minimum atomic E-state index is -1.36. The highest BCUT2D eigenvalue weighted by Gasteiger charge is 2.49. The Labute approximate surface area is 295 Å². The monoisotopic (exact) mass is 694 g/mol. The molecule has 1 aromatic carbocycles. The summed E-state index contributed by atoms with van der Waals surface area (Å²) in [6.07, 6.45) is 8.23. The van der Waals surface area contributed by atoms with Gasteiger partial charge in [0.15, 0.2) is 0 Å². The van der Waals surface area contributed by atoms with Crippen molar-refractivity contribution in [2.24, 2.45) is 17.3 Å². The van der Waals surface area contributed by atoms with Crippen molar-refractivity contribution >= 4 is 17.9 Å². The number of hydrogen-bond donors (Lipinski definition) is 1. The normalized spacial score (nSPS) is 22.3. The summed E-state index contributed by atoms with van der Waals surface area (Å²) in [6, 6.07) is 7.27. The number of carbonyl (C=O) groups excluding carboxylic acids is 3. The third kappa shape index (κ3) is 8.41. The van der Waals surface area contributed by atoms with E-state index in [0.717, 1.165) is 6.42 Å². The maximum Gasteiger partial charge on any atom is 0.410 e. The molecule has 50 heavy (non-hydrogen) atoms. The lowest BCUT2D eigenvalue weighted by Gasteiger charge is -2.51. The number of piperazine rings is 1. The first-order valence-corrected chi connectivity index (χ1v) is 18.3. The van der Waals surface area contributed by atoms with Crippen molar-refractivity contribution in [1.29, 1.82) is 0 Å². The number of aliphatic hydroxyl groups is 1. The fourth-order valence-electron chi connectivity index (χ4n) is 7.82. The van der Waals surface area contributed by atoms with Gasteiger partial charge in [-0.05, 0) is 45.6 Å². The Bertz CT molecular complexity index is 1620. The van der Waals surface area contributed by atoms with Gasteiger partial charge in [0, 0.05) is 74.0 Å². The van der Waals surface area contributed by atoms with Gasteiger partial charge in [-0.3, -0.25) is 14.4 Å². The summed E-state index contributed by atoms with van der Waals surface area (Å²) >= 11 is 0. The van der Waals surface area contributed by atoms with E-state index in [0.29, 0.717) is 19.0 Å². The number of aromatic nitrogens is 1. The Balaban J connectivity index is 1.36. The largest absolute Gasteiger partial charge is 0.444 e. The van der Waals surface area contributed by atoms with E-state index in [1.807, 2.05) is 25.7 Å². The smallest absolute Gasteiger partial charge is 0.410 e. The highest BCUT2D eigenvalue weighted by Crippen LogP contribution is 2.41. The van der Waals surface area contributed by atoms with Crippen molar-refractivity contribution in [1.82, 2.24) is 19.3 Å². The Hall–Kier alpha value is -3.73. The number of ether oxygens (including phenoxy) is 1. The van der Waals surface area contributed by atoms with Crippen molar-refractivity contribution in [3.8, 4) is 11.1 Å². The molecule has 2 aliphatic heterocycles. The standard InChI is InChI=1S/C39H55FN4O6/c1-27(22-28-12-8-7-9-13-28)34(46)43-17-16-39(49,38(5,6)25-43)26-44-24-31(30(23-33(44)45)29-14-10-11-15-32(29)40)35(47)41-18-20-42(21-19-41)36(48)50-37(2,3)4/h10-11,14-15,23-24,27-28,49H,7-9,12-13,16-22,25-26H2,1-6H3. The number of benzene rings is 1. The lowest BCUT2D eigenvalue weighted by Crippen LogP contribution is -2.61. The van der Waals surface area contributed by atoms with Crippen LogP contribution >= 0.6 is 0 Å². The molecule has 0 bridgehead atoms. The SMILES string of the molecule is CC(CC1CCCCC1)C(=O)N1CCC(O)(Cn2cc(C(=O)N3CCN(C(=O)OC(C)(C)C)CC3)c(-c3ccccc3F)cc2=O)C(C)(C)C1. The first kappa shape index (κ1) is 37.5. The van der Waals surface area contributed by atoms with Crippen molar-refractivity contribution in [2.45, 2.75) is 104 Å². The predicted molar refractivity (Wildman–Crippen MR) is 190 cm³/mol. The zero-order valence-corrected chi connectivity index (χ0v) is 30.7. The summed E-state index contributed by atoms with van der Waals surface area (Å²) in [7, 11) is 0. The Morgan fingerprint density at radius 2 is 1.60 bits per heavy atom. The van der Waals surface area contributed by atoms with E-state index in [-0.39, 0.29) is 67.7 Å². The van der Waals surface area contributed by atoms with Gasteiger partial charge in [0.2, 0.25) is 5.91 Å². The molecule has 0 spiro atoms. The van der Waals surface area contributed by atoms with Crippen LogP contribution in [-0.2, 0) is 16.1 Å². The van der Waals surface area contributed by atoms with Crippen LogP contribution in [0.3, 0.4) is 0 Å². The number of halogens is 1. The molecule has 11 heteroatoms. The zero-order valence-electron chi connectivity index (χ0n) is 30.7. The summed E-state index contributed by atoms with van der Waals surface area (Å²) in [5.41, 5.74) is -2.83. The molecule has 1 aliphatic carbocycles. The summed E-state index contributed by atoms with van der Waals surface area (Å²) in [5.74, 6) is -0.366. The van der Waals surface area contributed by atoms with Gasteiger partial charge in [-0.1, -0.05) is 71.1 Å². The minimum Gasteiger partial charge on any atom is -0.444 e. The van der Waals surface area contributed by atoms with E-state index >= 15 is 4.39 Å². The molecule has 3 amide bonds. The highest BCUT2D eigenvalue weighted by molar-refractivity contribution is 6.00. The average Bonchev–Trinajstić information content (AvgIpc) is 3.06. The summed E-state index contributed by atoms with van der Waals surface area (Å²) in [5, 5.41) is 12.1. The molecule has 3 aliphatic rings. The van der Waals surface area contributed by atoms with E-state index in [1.165, 1.54) is 61.1 Å². The highest BCUT2D eigenvalue weighted by atomic mass is 19.1. The van der Waals surface area contributed by atoms with Crippen molar-refractivity contribution in [2.75, 3.05) is 39.3 Å². The van der Waals surface area contributed by atoms with Gasteiger partial charge in [-0.25, -0.2) is 9.18 Å². The minimum absolute atomic E-state index is 0.0896. The number of rotatable bonds is 7. The van der Waals surface area contributed by atoms with E-state index in [1.54, 1.807) is 42.7 Å². The maximum absolute atomic E-state index is 15.1. The molecule has 10 nitrogen and oxygen atoms in total. The quantitative estimate of drug-likeness (QED) is 0.384. The van der Waals surface area contributed by atoms with Crippen molar-refractivity contribution in [3.05, 3.63) is 58.3 Å². The second-order valence-corrected chi connectivity index (χ2v) is 16.4. The lowest BCUT2D eigenvalue weighted by molar-refractivity contribution is -0.157. The first-order chi connectivity index (χ1) is 23.5. The molecular formula is C39H55FN4O6. The molecule has 1 saturated carbocycles. The van der Waals surface area contributed by atoms with Crippen LogP contribution in [0.1, 0.15) is 96.8 Å². The van der Waals surface area contributed by atoms with Gasteiger partial charge >= 0.3 is 6.09 Å². The van der Waals surface area contributed by atoms with Crippen LogP contribution in [0.5, 0.6) is 0 Å². The molecule has 3 heterocycles. The number of hydrogen-bond acceptors (Lipinski definition) is 6. The molecule has 1 N–H and O–H groups in total. The number of pyridine rings is 1. The van der Waals surface area contributed by atoms with Gasteiger partial charge in [-0.15, -0.1) is 0 Å². The number of amides is 3. The van der Waals surface area contributed by atoms with Gasteiger partial charge in [0.25, 0.3) is 11.5 Å². The Morgan fingerprint density at radius 1 is 0.960 bits per heavy atom. The number of nitrogens with zero attached hydrogens (tertiary/aromatic N) is 4. The summed E-state index contributed by atoms with van der Waals surface area (Å²) in [4.78, 5) is 59.0. The molecule has 2 aromatic rings. The molecule has 1 aromatic heterocycles. The zero-order chi connectivity index (χ0) is 36.4. The van der Waals surface area contributed by atoms with Crippen molar-refractivity contribution < 1.29 is 28.6 Å². The topological polar surface area (TPSA) is 112 Å². The number of piperidine rings is 1. The third-order valence-electron chi connectivity index (χ3n) is 11.0. The molecule has 2 saturated heterocycles. The van der Waals surface area contributed by atoms with Crippen LogP contribution in [0, 0.1) is 23.1 Å². The fraction of sp³-hybridized carbons (Fsp3) is 0.641. The van der Waals surface area contributed by atoms with Crippen LogP contribution < -0.4 is 5.56 Å². The third-order valence-corrected chi connectivity index (χ3v) is 11.0. The second kappa shape index (κ2) is 14.9. The number of likely N-dealkylation sites (tertiary alicyclic amines) is 1. The molecule has 0 radical (unpaired) electrons. The summed E-state index contributed by atoms with van der Waals surface area (Å²) < 4.78 is 22.0. The van der Waals surface area contributed by atoms with Crippen LogP contribution in [-0.4, -0.2) is 92.8 Å². The fourth-order valence-corrected chi connectivity index (χ4v) is 7.82. The van der Waals surface area contributed by atoms with Gasteiger partial charge in [-0.2, -0.15) is 0 Å². The van der Waals surface area contributed by atoms with E-state index in [2.05, 4.69) is 0 Å². The van der Waals surface area contributed by atoms with Crippen LogP contribution in [0.25, 0.3) is 11.1 Å². The molecule has 2 unspecified atom stereocenters. The van der Waals surface area contributed by atoms with Crippen LogP contribution in [0.4, 0.5) is 9.18 Å². The molecule has 3 fully saturated rings. The molecule has 5 rings (SSSR count). The maximum atomic E-state index is 15.1. The van der Waals surface area contributed by atoms with Gasteiger partial charge in [0.05, 0.1) is 17.7 Å². The molecular weight excluding hydrogens is 639 g/mol.